The normalized spacial score (nSPS) is 18.1. The van der Waals surface area contributed by atoms with Gasteiger partial charge in [0.25, 0.3) is 11.7 Å². The monoisotopic (exact) mass is 425 g/mol. The second kappa shape index (κ2) is 7.72. The number of halogens is 3. The van der Waals surface area contributed by atoms with Gasteiger partial charge in [-0.2, -0.15) is 0 Å². The summed E-state index contributed by atoms with van der Waals surface area (Å²) in [7, 11) is 0. The molecule has 1 saturated heterocycles. The van der Waals surface area contributed by atoms with Crippen LogP contribution in [0.4, 0.5) is 14.5 Å². The van der Waals surface area contributed by atoms with E-state index in [1.165, 1.54) is 66.7 Å². The molecule has 0 aromatic heterocycles. The highest BCUT2D eigenvalue weighted by molar-refractivity contribution is 6.51. The molecule has 1 unspecified atom stereocenters. The quantitative estimate of drug-likeness (QED) is 0.354. The van der Waals surface area contributed by atoms with Crippen LogP contribution in [0.1, 0.15) is 17.2 Å². The van der Waals surface area contributed by atoms with Gasteiger partial charge < -0.3 is 5.11 Å². The molecule has 1 amide bonds. The highest BCUT2D eigenvalue weighted by atomic mass is 35.5. The number of carbonyl (C=O) groups excluding carboxylic acids is 2. The predicted octanol–water partition coefficient (Wildman–Crippen LogP) is 5.24. The van der Waals surface area contributed by atoms with Crippen molar-refractivity contribution in [3.63, 3.8) is 0 Å². The molecule has 1 aliphatic rings. The van der Waals surface area contributed by atoms with Gasteiger partial charge in [0.05, 0.1) is 11.6 Å². The number of Topliss-reactive ketones (excluding diaryl/α,β-unsaturated/α-hetero) is 1. The molecule has 3 aromatic carbocycles. The van der Waals surface area contributed by atoms with Crippen LogP contribution in [-0.4, -0.2) is 16.8 Å². The molecule has 1 aliphatic heterocycles. The van der Waals surface area contributed by atoms with E-state index in [2.05, 4.69) is 0 Å². The molecule has 1 fully saturated rings. The lowest BCUT2D eigenvalue weighted by Gasteiger charge is -2.25. The third-order valence-corrected chi connectivity index (χ3v) is 5.09. The summed E-state index contributed by atoms with van der Waals surface area (Å²) in [4.78, 5) is 26.9. The van der Waals surface area contributed by atoms with Gasteiger partial charge >= 0.3 is 0 Å². The van der Waals surface area contributed by atoms with E-state index >= 15 is 0 Å². The van der Waals surface area contributed by atoms with Crippen LogP contribution < -0.4 is 4.90 Å². The summed E-state index contributed by atoms with van der Waals surface area (Å²) in [5, 5.41) is 11.3. The number of aliphatic hydroxyl groups excluding tert-OH is 1. The maximum absolute atomic E-state index is 13.8. The van der Waals surface area contributed by atoms with E-state index in [9.17, 15) is 23.5 Å². The van der Waals surface area contributed by atoms with Crippen molar-refractivity contribution in [1.82, 2.24) is 0 Å². The first-order valence-electron chi connectivity index (χ1n) is 8.95. The SMILES string of the molecule is O=C1C(=O)N(c2cccc(F)c2)C(c2ccc(F)cc2)/C1=C(\O)c1ccc(Cl)cc1. The molecular weight excluding hydrogens is 412 g/mol. The standard InChI is InChI=1S/C23H14ClF2NO3/c24-15-8-4-14(5-9-15)21(28)19-20(13-6-10-16(25)11-7-13)27(23(30)22(19)29)18-3-1-2-17(26)12-18/h1-12,20,28H/b21-19+. The fourth-order valence-electron chi connectivity index (χ4n) is 3.45. The average molecular weight is 426 g/mol. The van der Waals surface area contributed by atoms with Crippen LogP contribution in [0.15, 0.2) is 78.4 Å². The zero-order chi connectivity index (χ0) is 21.4. The molecule has 30 heavy (non-hydrogen) atoms. The number of aliphatic hydroxyl groups is 1. The summed E-state index contributed by atoms with van der Waals surface area (Å²) in [6.45, 7) is 0. The van der Waals surface area contributed by atoms with Crippen molar-refractivity contribution < 1.29 is 23.5 Å². The number of carbonyl (C=O) groups is 2. The Labute approximate surface area is 175 Å². The fraction of sp³-hybridized carbons (Fsp3) is 0.0435. The van der Waals surface area contributed by atoms with E-state index in [-0.39, 0.29) is 16.8 Å². The van der Waals surface area contributed by atoms with E-state index in [0.717, 1.165) is 11.0 Å². The minimum absolute atomic E-state index is 0.140. The summed E-state index contributed by atoms with van der Waals surface area (Å²) >= 11 is 5.89. The van der Waals surface area contributed by atoms with E-state index in [4.69, 9.17) is 11.6 Å². The summed E-state index contributed by atoms with van der Waals surface area (Å²) in [6, 6.07) is 15.4. The predicted molar refractivity (Wildman–Crippen MR) is 109 cm³/mol. The average Bonchev–Trinajstić information content (AvgIpc) is 2.99. The molecule has 7 heteroatoms. The first-order valence-corrected chi connectivity index (χ1v) is 9.32. The Hall–Kier alpha value is -3.51. The highest BCUT2D eigenvalue weighted by Gasteiger charge is 2.47. The van der Waals surface area contributed by atoms with Crippen molar-refractivity contribution in [3.8, 4) is 0 Å². The van der Waals surface area contributed by atoms with Crippen molar-refractivity contribution in [3.05, 3.63) is 106 Å². The fourth-order valence-corrected chi connectivity index (χ4v) is 3.57. The number of nitrogens with zero attached hydrogens (tertiary/aromatic N) is 1. The Balaban J connectivity index is 1.95. The summed E-state index contributed by atoms with van der Waals surface area (Å²) in [5.74, 6) is -3.35. The molecule has 0 aliphatic carbocycles. The van der Waals surface area contributed by atoms with Crippen molar-refractivity contribution in [2.45, 2.75) is 6.04 Å². The maximum Gasteiger partial charge on any atom is 0.300 e. The van der Waals surface area contributed by atoms with Crippen LogP contribution in [0.3, 0.4) is 0 Å². The largest absolute Gasteiger partial charge is 0.507 e. The van der Waals surface area contributed by atoms with Gasteiger partial charge in [0, 0.05) is 16.3 Å². The van der Waals surface area contributed by atoms with E-state index < -0.39 is 35.1 Å². The summed E-state index contributed by atoms with van der Waals surface area (Å²) in [6.07, 6.45) is 0. The lowest BCUT2D eigenvalue weighted by Crippen LogP contribution is -2.29. The van der Waals surface area contributed by atoms with Crippen LogP contribution in [-0.2, 0) is 9.59 Å². The first kappa shape index (κ1) is 19.8. The van der Waals surface area contributed by atoms with E-state index in [0.29, 0.717) is 10.6 Å². The summed E-state index contributed by atoms with van der Waals surface area (Å²) in [5.41, 5.74) is 0.624. The molecule has 3 aromatic rings. The third-order valence-electron chi connectivity index (χ3n) is 4.83. The van der Waals surface area contributed by atoms with Crippen LogP contribution in [0, 0.1) is 11.6 Å². The maximum atomic E-state index is 13.8. The number of amides is 1. The zero-order valence-corrected chi connectivity index (χ0v) is 16.1. The van der Waals surface area contributed by atoms with Crippen molar-refractivity contribution in [2.75, 3.05) is 4.90 Å². The molecule has 0 bridgehead atoms. The van der Waals surface area contributed by atoms with E-state index in [1.54, 1.807) is 0 Å². The van der Waals surface area contributed by atoms with Gasteiger partial charge in [-0.1, -0.05) is 29.8 Å². The van der Waals surface area contributed by atoms with Crippen LogP contribution in [0.2, 0.25) is 5.02 Å². The van der Waals surface area contributed by atoms with Gasteiger partial charge in [-0.25, -0.2) is 8.78 Å². The smallest absolute Gasteiger partial charge is 0.300 e. The van der Waals surface area contributed by atoms with Gasteiger partial charge in [0.1, 0.15) is 17.4 Å². The topological polar surface area (TPSA) is 57.6 Å². The van der Waals surface area contributed by atoms with Crippen molar-refractivity contribution >= 4 is 34.7 Å². The molecular formula is C23H14ClF2NO3. The Bertz CT molecular complexity index is 1170. The molecule has 0 saturated carbocycles. The van der Waals surface area contributed by atoms with Crippen LogP contribution in [0.25, 0.3) is 5.76 Å². The Morgan fingerprint density at radius 2 is 1.57 bits per heavy atom. The third kappa shape index (κ3) is 3.46. The number of benzene rings is 3. The lowest BCUT2D eigenvalue weighted by molar-refractivity contribution is -0.132. The number of hydrogen-bond acceptors (Lipinski definition) is 3. The Kier molecular flexibility index (Phi) is 5.10. The van der Waals surface area contributed by atoms with Crippen molar-refractivity contribution in [1.29, 1.82) is 0 Å². The number of hydrogen-bond donors (Lipinski definition) is 1. The first-order chi connectivity index (χ1) is 14.4. The molecule has 0 radical (unpaired) electrons. The number of anilines is 1. The molecule has 150 valence electrons. The lowest BCUT2D eigenvalue weighted by atomic mass is 9.95. The number of rotatable bonds is 3. The van der Waals surface area contributed by atoms with Gasteiger partial charge in [0.2, 0.25) is 0 Å². The Morgan fingerprint density at radius 3 is 2.20 bits per heavy atom. The minimum atomic E-state index is -1.07. The van der Waals surface area contributed by atoms with Crippen LogP contribution >= 0.6 is 11.6 Å². The zero-order valence-electron chi connectivity index (χ0n) is 15.4. The van der Waals surface area contributed by atoms with E-state index in [1.807, 2.05) is 0 Å². The molecule has 4 rings (SSSR count). The second-order valence-electron chi connectivity index (χ2n) is 6.71. The highest BCUT2D eigenvalue weighted by Crippen LogP contribution is 2.42. The Morgan fingerprint density at radius 1 is 0.900 bits per heavy atom. The van der Waals surface area contributed by atoms with Crippen LogP contribution in [0.5, 0.6) is 0 Å². The second-order valence-corrected chi connectivity index (χ2v) is 7.14. The van der Waals surface area contributed by atoms with Gasteiger partial charge in [0.15, 0.2) is 0 Å². The summed E-state index contributed by atoms with van der Waals surface area (Å²) < 4.78 is 27.3. The molecule has 1 heterocycles. The van der Waals surface area contributed by atoms with Gasteiger partial charge in [-0.3, -0.25) is 14.5 Å². The number of ketones is 1. The molecule has 4 nitrogen and oxygen atoms in total. The van der Waals surface area contributed by atoms with Crippen molar-refractivity contribution in [2.24, 2.45) is 0 Å². The minimum Gasteiger partial charge on any atom is -0.507 e. The molecule has 1 atom stereocenters. The molecule has 1 N–H and O–H groups in total. The van der Waals surface area contributed by atoms with Gasteiger partial charge in [-0.05, 0) is 60.2 Å². The van der Waals surface area contributed by atoms with Gasteiger partial charge in [-0.15, -0.1) is 0 Å². The molecule has 0 spiro atoms.